The smallest absolute Gasteiger partial charge is 0.340 e. The van der Waals surface area contributed by atoms with E-state index in [1.165, 1.54) is 7.11 Å². The van der Waals surface area contributed by atoms with Crippen LogP contribution in [0, 0.1) is 6.92 Å². The number of aromatic nitrogens is 1. The van der Waals surface area contributed by atoms with Gasteiger partial charge >= 0.3 is 5.97 Å². The SMILES string of the molecule is COC(=O)c1ccc(Br)c2cc(C)n(SI)c12. The zero-order valence-electron chi connectivity index (χ0n) is 9.16. The van der Waals surface area contributed by atoms with E-state index in [-0.39, 0.29) is 5.97 Å². The summed E-state index contributed by atoms with van der Waals surface area (Å²) in [7, 11) is 2.94. The third-order valence-corrected chi connectivity index (χ3v) is 5.00. The van der Waals surface area contributed by atoms with Crippen molar-refractivity contribution in [1.29, 1.82) is 0 Å². The first-order valence-electron chi connectivity index (χ1n) is 4.78. The van der Waals surface area contributed by atoms with Crippen molar-refractivity contribution in [2.75, 3.05) is 7.11 Å². The lowest BCUT2D eigenvalue weighted by Gasteiger charge is -2.07. The summed E-state index contributed by atoms with van der Waals surface area (Å²) in [4.78, 5) is 11.8. The topological polar surface area (TPSA) is 31.2 Å². The third-order valence-electron chi connectivity index (χ3n) is 2.51. The molecule has 0 unspecified atom stereocenters. The predicted molar refractivity (Wildman–Crippen MR) is 82.7 cm³/mol. The molecule has 0 atom stereocenters. The molecule has 0 amide bonds. The molecule has 0 aliphatic rings. The number of carbonyl (C=O) groups excluding carboxylic acids is 1. The van der Waals surface area contributed by atoms with Crippen LogP contribution in [0.25, 0.3) is 10.9 Å². The highest BCUT2D eigenvalue weighted by molar-refractivity contribution is 14.2. The molecule has 90 valence electrons. The molecule has 17 heavy (non-hydrogen) atoms. The number of aryl methyl sites for hydroxylation is 1. The Morgan fingerprint density at radius 2 is 2.24 bits per heavy atom. The van der Waals surface area contributed by atoms with Crippen molar-refractivity contribution in [3.05, 3.63) is 33.9 Å². The Kier molecular flexibility index (Phi) is 4.04. The lowest BCUT2D eigenvalue weighted by molar-refractivity contribution is 0.0602. The maximum Gasteiger partial charge on any atom is 0.340 e. The third kappa shape index (κ3) is 2.22. The summed E-state index contributed by atoms with van der Waals surface area (Å²) in [5.74, 6) is -0.313. The van der Waals surface area contributed by atoms with E-state index in [1.807, 2.05) is 17.0 Å². The molecule has 2 rings (SSSR count). The number of rotatable bonds is 2. The first-order chi connectivity index (χ1) is 8.10. The van der Waals surface area contributed by atoms with Gasteiger partial charge in [-0.1, -0.05) is 15.9 Å². The molecule has 1 aromatic heterocycles. The van der Waals surface area contributed by atoms with Crippen LogP contribution in [-0.4, -0.2) is 17.1 Å². The van der Waals surface area contributed by atoms with Crippen molar-refractivity contribution in [2.45, 2.75) is 6.92 Å². The summed E-state index contributed by atoms with van der Waals surface area (Å²) in [6, 6.07) is 5.70. The number of hydrogen-bond acceptors (Lipinski definition) is 3. The van der Waals surface area contributed by atoms with Gasteiger partial charge in [-0.2, -0.15) is 0 Å². The fourth-order valence-corrected chi connectivity index (χ4v) is 4.13. The lowest BCUT2D eigenvalue weighted by atomic mass is 10.1. The van der Waals surface area contributed by atoms with Crippen molar-refractivity contribution in [3.63, 3.8) is 0 Å². The van der Waals surface area contributed by atoms with E-state index in [4.69, 9.17) is 4.74 Å². The van der Waals surface area contributed by atoms with E-state index in [1.54, 1.807) is 15.2 Å². The van der Waals surface area contributed by atoms with E-state index in [0.29, 0.717) is 5.56 Å². The van der Waals surface area contributed by atoms with Crippen LogP contribution in [-0.2, 0) is 4.74 Å². The highest BCUT2D eigenvalue weighted by Gasteiger charge is 2.17. The predicted octanol–water partition coefficient (Wildman–Crippen LogP) is 4.35. The van der Waals surface area contributed by atoms with Gasteiger partial charge in [-0.05, 0) is 25.1 Å². The van der Waals surface area contributed by atoms with Crippen LogP contribution in [0.3, 0.4) is 0 Å². The van der Waals surface area contributed by atoms with Crippen LogP contribution in [0.15, 0.2) is 22.7 Å². The molecule has 1 heterocycles. The molecule has 0 aliphatic heterocycles. The van der Waals surface area contributed by atoms with Gasteiger partial charge in [0.05, 0.1) is 18.2 Å². The minimum Gasteiger partial charge on any atom is -0.465 e. The number of ether oxygens (including phenoxy) is 1. The number of methoxy groups -OCH3 is 1. The number of carbonyl (C=O) groups is 1. The average Bonchev–Trinajstić information content (AvgIpc) is 2.66. The second kappa shape index (κ2) is 5.19. The van der Waals surface area contributed by atoms with E-state index in [2.05, 4.69) is 43.2 Å². The molecule has 0 bridgehead atoms. The van der Waals surface area contributed by atoms with Crippen molar-refractivity contribution in [3.8, 4) is 0 Å². The molecule has 0 aliphatic carbocycles. The Balaban J connectivity index is 2.86. The summed E-state index contributed by atoms with van der Waals surface area (Å²) in [5.41, 5.74) is 2.57. The van der Waals surface area contributed by atoms with Gasteiger partial charge in [0.1, 0.15) is 0 Å². The molecular formula is C11H9BrINO2S. The summed E-state index contributed by atoms with van der Waals surface area (Å²) in [6.45, 7) is 2.01. The van der Waals surface area contributed by atoms with Gasteiger partial charge in [0.15, 0.2) is 0 Å². The number of benzene rings is 1. The second-order valence-corrected chi connectivity index (χ2v) is 6.04. The molecular weight excluding hydrogens is 417 g/mol. The normalized spacial score (nSPS) is 10.8. The maximum absolute atomic E-state index is 11.8. The van der Waals surface area contributed by atoms with Crippen molar-refractivity contribution < 1.29 is 9.53 Å². The molecule has 0 saturated heterocycles. The summed E-state index contributed by atoms with van der Waals surface area (Å²) >= 11 is 5.70. The number of halogens is 2. The lowest BCUT2D eigenvalue weighted by Crippen LogP contribution is -2.03. The molecule has 6 heteroatoms. The van der Waals surface area contributed by atoms with Gasteiger partial charge in [0.25, 0.3) is 0 Å². The average molecular weight is 426 g/mol. The Labute approximate surface area is 124 Å². The quantitative estimate of drug-likeness (QED) is 0.529. The zero-order chi connectivity index (χ0) is 12.6. The first-order valence-corrected chi connectivity index (χ1v) is 8.89. The molecule has 0 N–H and O–H groups in total. The van der Waals surface area contributed by atoms with Crippen LogP contribution in [0.5, 0.6) is 0 Å². The second-order valence-electron chi connectivity index (χ2n) is 3.50. The molecule has 0 fully saturated rings. The minimum atomic E-state index is -0.313. The van der Waals surface area contributed by atoms with Crippen LogP contribution in [0.1, 0.15) is 16.1 Å². The van der Waals surface area contributed by atoms with Gasteiger partial charge in [0, 0.05) is 45.9 Å². The Morgan fingerprint density at radius 1 is 1.53 bits per heavy atom. The molecule has 2 aromatic rings. The maximum atomic E-state index is 11.8. The van der Waals surface area contributed by atoms with Crippen LogP contribution in [0.4, 0.5) is 0 Å². The Morgan fingerprint density at radius 3 is 2.82 bits per heavy atom. The summed E-state index contributed by atoms with van der Waals surface area (Å²) in [5, 5.41) is 1.02. The van der Waals surface area contributed by atoms with E-state index >= 15 is 0 Å². The zero-order valence-corrected chi connectivity index (χ0v) is 13.7. The molecule has 3 nitrogen and oxygen atoms in total. The fourth-order valence-electron chi connectivity index (χ4n) is 1.75. The number of hydrogen-bond donors (Lipinski definition) is 0. The Hall–Kier alpha value is -0.210. The van der Waals surface area contributed by atoms with Gasteiger partial charge in [-0.15, -0.1) is 0 Å². The van der Waals surface area contributed by atoms with Crippen molar-refractivity contribution in [1.82, 2.24) is 3.97 Å². The molecule has 1 aromatic carbocycles. The molecule has 0 spiro atoms. The van der Waals surface area contributed by atoms with Gasteiger partial charge in [0.2, 0.25) is 0 Å². The number of fused-ring (bicyclic) bond motifs is 1. The fraction of sp³-hybridized carbons (Fsp3) is 0.182. The van der Waals surface area contributed by atoms with Crippen LogP contribution in [0.2, 0.25) is 0 Å². The highest BCUT2D eigenvalue weighted by atomic mass is 127. The van der Waals surface area contributed by atoms with Crippen LogP contribution >= 0.6 is 46.3 Å². The van der Waals surface area contributed by atoms with E-state index in [0.717, 1.165) is 21.1 Å². The van der Waals surface area contributed by atoms with Crippen LogP contribution < -0.4 is 0 Å². The standard InChI is InChI=1S/C11H9BrINO2S/c1-6-5-8-9(12)4-3-7(11(15)16-2)10(8)14(6)17-13/h3-5H,1-2H3. The van der Waals surface area contributed by atoms with Gasteiger partial charge in [-0.3, -0.25) is 3.97 Å². The minimum absolute atomic E-state index is 0.313. The van der Waals surface area contributed by atoms with E-state index < -0.39 is 0 Å². The van der Waals surface area contributed by atoms with Gasteiger partial charge in [-0.25, -0.2) is 4.79 Å². The summed E-state index contributed by atoms with van der Waals surface area (Å²) in [6.07, 6.45) is 0. The largest absolute Gasteiger partial charge is 0.465 e. The highest BCUT2D eigenvalue weighted by Crippen LogP contribution is 2.34. The molecule has 0 radical (unpaired) electrons. The number of nitrogens with zero attached hydrogens (tertiary/aromatic N) is 1. The first kappa shape index (κ1) is 13.2. The van der Waals surface area contributed by atoms with E-state index in [9.17, 15) is 4.79 Å². The Bertz CT molecular complexity index is 597. The van der Waals surface area contributed by atoms with Crippen molar-refractivity contribution in [2.24, 2.45) is 0 Å². The summed E-state index contributed by atoms with van der Waals surface area (Å²) < 4.78 is 7.81. The van der Waals surface area contributed by atoms with Crippen molar-refractivity contribution >= 4 is 63.1 Å². The van der Waals surface area contributed by atoms with Gasteiger partial charge < -0.3 is 4.74 Å². The monoisotopic (exact) mass is 425 g/mol. The number of esters is 1. The molecule has 0 saturated carbocycles.